The maximum atomic E-state index is 5.75. The van der Waals surface area contributed by atoms with Gasteiger partial charge in [-0.2, -0.15) is 4.98 Å². The van der Waals surface area contributed by atoms with E-state index in [1.807, 2.05) is 0 Å². The number of aromatic nitrogens is 6. The average molecular weight is 939 g/mol. The molecule has 346 valence electrons. The summed E-state index contributed by atoms with van der Waals surface area (Å²) in [6.07, 6.45) is 10.4. The maximum absolute atomic E-state index is 5.75. The van der Waals surface area contributed by atoms with Crippen molar-refractivity contribution < 1.29 is 0 Å². The van der Waals surface area contributed by atoms with Crippen LogP contribution in [-0.2, 0) is 12.8 Å². The van der Waals surface area contributed by atoms with Crippen molar-refractivity contribution >= 4 is 88.5 Å². The molecule has 5 aromatic heterocycles. The molecule has 0 radical (unpaired) electrons. The van der Waals surface area contributed by atoms with Crippen LogP contribution in [0.5, 0.6) is 0 Å². The zero-order chi connectivity index (χ0) is 47.7. The fourth-order valence-electron chi connectivity index (χ4n) is 12.8. The van der Waals surface area contributed by atoms with E-state index in [2.05, 4.69) is 247 Å². The van der Waals surface area contributed by atoms with E-state index < -0.39 is 6.17 Å². The summed E-state index contributed by atoms with van der Waals surface area (Å²) >= 11 is 0. The maximum Gasteiger partial charge on any atom is 0.223 e. The van der Waals surface area contributed by atoms with E-state index in [1.54, 1.807) is 0 Å². The van der Waals surface area contributed by atoms with Crippen molar-refractivity contribution in [1.82, 2.24) is 27.8 Å². The first-order valence-corrected chi connectivity index (χ1v) is 25.5. The standard InChI is InChI=1S/C65H46N8/c1-5-21-41(22-6-1)59-63(72-53-35-19-15-31-49(53)57-55(72)39-37-47-45-29-13-17-33-51(45)69(60(47)57)42-23-7-2-8-24-42)68-64-62(66-59)67-65(71(64)44-27-11-4-12-28-44)73-54-36-20-16-32-50(54)58-56(73)40-38-48-46-30-14-18-34-52(46)70(61(48)58)43-25-9-3-10-26-43/h1-2,4-9,11-36,38,40,63,68H,3,10,37,39H2. The molecule has 0 spiro atoms. The van der Waals surface area contributed by atoms with E-state index in [4.69, 9.17) is 9.98 Å². The minimum atomic E-state index is -0.392. The molecular formula is C65H46N8. The molecule has 16 rings (SSSR count). The minimum Gasteiger partial charge on any atom is -0.342 e. The van der Waals surface area contributed by atoms with Gasteiger partial charge in [-0.3, -0.25) is 9.13 Å². The average Bonchev–Trinajstić information content (AvgIpc) is 4.26. The van der Waals surface area contributed by atoms with E-state index in [0.29, 0.717) is 5.82 Å². The molecule has 1 atom stereocenters. The number of benzene rings is 8. The summed E-state index contributed by atoms with van der Waals surface area (Å²) in [4.78, 5) is 11.4. The van der Waals surface area contributed by atoms with Gasteiger partial charge in [-0.25, -0.2) is 4.99 Å². The summed E-state index contributed by atoms with van der Waals surface area (Å²) in [6.45, 7) is 0. The monoisotopic (exact) mass is 938 g/mol. The predicted octanol–water partition coefficient (Wildman–Crippen LogP) is 15.7. The molecule has 6 heterocycles. The first kappa shape index (κ1) is 40.3. The third-order valence-corrected chi connectivity index (χ3v) is 15.7. The second kappa shape index (κ2) is 15.5. The molecule has 73 heavy (non-hydrogen) atoms. The van der Waals surface area contributed by atoms with Crippen molar-refractivity contribution in [2.75, 3.05) is 5.32 Å². The summed E-state index contributed by atoms with van der Waals surface area (Å²) < 4.78 is 12.2. The molecule has 3 aliphatic rings. The van der Waals surface area contributed by atoms with Crippen LogP contribution in [0.3, 0.4) is 0 Å². The Morgan fingerprint density at radius 3 is 1.82 bits per heavy atom. The van der Waals surface area contributed by atoms with Gasteiger partial charge in [0.25, 0.3) is 0 Å². The van der Waals surface area contributed by atoms with Crippen LogP contribution in [0.2, 0.25) is 0 Å². The summed E-state index contributed by atoms with van der Waals surface area (Å²) in [5.74, 6) is 2.25. The van der Waals surface area contributed by atoms with Gasteiger partial charge in [-0.05, 0) is 91.9 Å². The first-order valence-electron chi connectivity index (χ1n) is 25.5. The number of anilines is 1. The number of allylic oxidation sites excluding steroid dienone is 4. The van der Waals surface area contributed by atoms with E-state index >= 15 is 0 Å². The highest BCUT2D eigenvalue weighted by molar-refractivity contribution is 6.26. The highest BCUT2D eigenvalue weighted by atomic mass is 15.4. The van der Waals surface area contributed by atoms with Crippen LogP contribution in [0.4, 0.5) is 11.6 Å². The van der Waals surface area contributed by atoms with Crippen LogP contribution < -0.4 is 5.32 Å². The van der Waals surface area contributed by atoms with Crippen molar-refractivity contribution in [2.45, 2.75) is 31.8 Å². The molecule has 13 aromatic rings. The number of hydrogen-bond donors (Lipinski definition) is 1. The van der Waals surface area contributed by atoms with E-state index in [9.17, 15) is 0 Å². The Balaban J connectivity index is 0.973. The van der Waals surface area contributed by atoms with Gasteiger partial charge in [0.1, 0.15) is 6.17 Å². The minimum absolute atomic E-state index is 0.392. The van der Waals surface area contributed by atoms with Gasteiger partial charge in [0.05, 0.1) is 50.2 Å². The summed E-state index contributed by atoms with van der Waals surface area (Å²) in [5, 5.41) is 11.6. The second-order valence-electron chi connectivity index (χ2n) is 19.6. The zero-order valence-electron chi connectivity index (χ0n) is 39.8. The van der Waals surface area contributed by atoms with Crippen LogP contribution in [-0.4, -0.2) is 33.5 Å². The van der Waals surface area contributed by atoms with E-state index in [1.165, 1.54) is 77.1 Å². The number of aliphatic imine (C=N–C) groups is 1. The van der Waals surface area contributed by atoms with Crippen molar-refractivity contribution in [2.24, 2.45) is 4.99 Å². The third kappa shape index (κ3) is 5.71. The highest BCUT2D eigenvalue weighted by Gasteiger charge is 2.38. The lowest BCUT2D eigenvalue weighted by molar-refractivity contribution is 0.675. The topological polar surface area (TPSA) is 61.9 Å². The summed E-state index contributed by atoms with van der Waals surface area (Å²) in [6, 6.07) is 72.4. The Labute approximate surface area is 420 Å². The molecule has 0 amide bonds. The quantitative estimate of drug-likeness (QED) is 0.181. The Hall–Kier alpha value is -9.40. The second-order valence-corrected chi connectivity index (χ2v) is 19.6. The molecular weight excluding hydrogens is 893 g/mol. The van der Waals surface area contributed by atoms with Crippen LogP contribution >= 0.6 is 0 Å². The number of para-hydroxylation sites is 6. The Morgan fingerprint density at radius 2 is 1.10 bits per heavy atom. The van der Waals surface area contributed by atoms with Gasteiger partial charge in [-0.1, -0.05) is 158 Å². The number of rotatable bonds is 6. The molecule has 1 aliphatic heterocycles. The van der Waals surface area contributed by atoms with Crippen molar-refractivity contribution in [3.05, 3.63) is 235 Å². The largest absolute Gasteiger partial charge is 0.342 e. The SMILES string of the molecule is C1=CC(n2c3ccccc3c3ccc4c(c5ccccc5n4-c4nc5c(n4-c4ccccc4)NC(n4c6c(c7ccccc74)-c4c(c7ccccc7n4-c4ccccc4)CC6)C(c4ccccc4)=N5)c32)=CCC1. The molecule has 8 aromatic carbocycles. The number of hydrogen-bond acceptors (Lipinski definition) is 3. The molecule has 1 N–H and O–H groups in total. The molecule has 8 nitrogen and oxygen atoms in total. The van der Waals surface area contributed by atoms with Crippen LogP contribution in [0, 0.1) is 0 Å². The summed E-state index contributed by atoms with van der Waals surface area (Å²) in [7, 11) is 0. The summed E-state index contributed by atoms with van der Waals surface area (Å²) in [5.41, 5.74) is 17.5. The predicted molar refractivity (Wildman–Crippen MR) is 300 cm³/mol. The Kier molecular flexibility index (Phi) is 8.59. The van der Waals surface area contributed by atoms with Crippen molar-refractivity contribution in [3.63, 3.8) is 0 Å². The smallest absolute Gasteiger partial charge is 0.223 e. The molecule has 0 fully saturated rings. The van der Waals surface area contributed by atoms with Gasteiger partial charge in [0, 0.05) is 60.5 Å². The number of nitrogens with one attached hydrogen (secondary N) is 1. The van der Waals surface area contributed by atoms with Crippen molar-refractivity contribution in [3.8, 4) is 28.6 Å². The van der Waals surface area contributed by atoms with Crippen molar-refractivity contribution in [1.29, 1.82) is 0 Å². The number of fused-ring (bicyclic) bond motifs is 15. The third-order valence-electron chi connectivity index (χ3n) is 15.7. The van der Waals surface area contributed by atoms with Gasteiger partial charge in [0.15, 0.2) is 11.6 Å². The molecule has 8 heteroatoms. The van der Waals surface area contributed by atoms with Gasteiger partial charge in [0.2, 0.25) is 5.95 Å². The van der Waals surface area contributed by atoms with Crippen LogP contribution in [0.1, 0.15) is 35.8 Å². The number of aryl methyl sites for hydroxylation is 1. The highest BCUT2D eigenvalue weighted by Crippen LogP contribution is 2.50. The molecule has 0 bridgehead atoms. The van der Waals surface area contributed by atoms with Crippen LogP contribution in [0.25, 0.3) is 99.7 Å². The lowest BCUT2D eigenvalue weighted by Crippen LogP contribution is -2.32. The first-order chi connectivity index (χ1) is 36.3. The fourth-order valence-corrected chi connectivity index (χ4v) is 12.8. The zero-order valence-corrected chi connectivity index (χ0v) is 39.8. The van der Waals surface area contributed by atoms with Gasteiger partial charge >= 0.3 is 0 Å². The molecule has 1 unspecified atom stereocenters. The lowest BCUT2D eigenvalue weighted by atomic mass is 9.91. The van der Waals surface area contributed by atoms with Crippen LogP contribution in [0.15, 0.2) is 223 Å². The molecule has 0 saturated carbocycles. The fraction of sp³-hybridized carbons (Fsp3) is 0.0769. The van der Waals surface area contributed by atoms with Gasteiger partial charge in [-0.15, -0.1) is 0 Å². The van der Waals surface area contributed by atoms with Gasteiger partial charge < -0.3 is 19.0 Å². The molecule has 2 aliphatic carbocycles. The lowest BCUT2D eigenvalue weighted by Gasteiger charge is -2.31. The Bertz CT molecular complexity index is 4510. The molecule has 0 saturated heterocycles. The normalized spacial score (nSPS) is 15.3. The number of nitrogens with zero attached hydrogens (tertiary/aromatic N) is 7. The van der Waals surface area contributed by atoms with E-state index in [-0.39, 0.29) is 0 Å². The van der Waals surface area contributed by atoms with E-state index in [0.717, 1.165) is 76.6 Å². The Morgan fingerprint density at radius 1 is 0.479 bits per heavy atom. The number of imidazole rings is 1.